The van der Waals surface area contributed by atoms with E-state index < -0.39 is 0 Å². The molecule has 1 nitrogen and oxygen atoms in total. The maximum atomic E-state index is 13.3. The van der Waals surface area contributed by atoms with Crippen LogP contribution < -0.4 is 5.32 Å². The van der Waals surface area contributed by atoms with E-state index in [0.29, 0.717) is 11.8 Å². The zero-order valence-electron chi connectivity index (χ0n) is 10.7. The molecule has 1 rings (SSSR count). The molecule has 0 amide bonds. The lowest BCUT2D eigenvalue weighted by atomic mass is 9.88. The molecular weight excluding hydrogens is 201 g/mol. The normalized spacial score (nSPS) is 14.8. The highest BCUT2D eigenvalue weighted by molar-refractivity contribution is 5.26. The molecule has 16 heavy (non-hydrogen) atoms. The Morgan fingerprint density at radius 1 is 1.25 bits per heavy atom. The minimum atomic E-state index is -0.127. The van der Waals surface area contributed by atoms with E-state index in [9.17, 15) is 4.39 Å². The van der Waals surface area contributed by atoms with Gasteiger partial charge in [-0.2, -0.15) is 0 Å². The van der Waals surface area contributed by atoms with Crippen LogP contribution in [-0.2, 0) is 0 Å². The van der Waals surface area contributed by atoms with Crippen LogP contribution >= 0.6 is 0 Å². The van der Waals surface area contributed by atoms with Crippen LogP contribution in [0.3, 0.4) is 0 Å². The van der Waals surface area contributed by atoms with Crippen LogP contribution in [0.15, 0.2) is 18.2 Å². The minimum absolute atomic E-state index is 0.127. The zero-order valence-corrected chi connectivity index (χ0v) is 10.7. The van der Waals surface area contributed by atoms with Crippen LogP contribution in [0.5, 0.6) is 0 Å². The summed E-state index contributed by atoms with van der Waals surface area (Å²) in [4.78, 5) is 0. The van der Waals surface area contributed by atoms with Crippen LogP contribution in [0.4, 0.5) is 4.39 Å². The first-order chi connectivity index (χ1) is 7.54. The second-order valence-corrected chi connectivity index (χ2v) is 4.64. The van der Waals surface area contributed by atoms with Crippen molar-refractivity contribution >= 4 is 0 Å². The summed E-state index contributed by atoms with van der Waals surface area (Å²) in [5, 5.41) is 3.33. The average Bonchev–Trinajstić information content (AvgIpc) is 2.23. The van der Waals surface area contributed by atoms with Gasteiger partial charge in [0.25, 0.3) is 0 Å². The number of halogens is 1. The molecule has 0 radical (unpaired) electrons. The Hall–Kier alpha value is -0.890. The summed E-state index contributed by atoms with van der Waals surface area (Å²) < 4.78 is 13.3. The van der Waals surface area contributed by atoms with Gasteiger partial charge in [0, 0.05) is 0 Å². The summed E-state index contributed by atoms with van der Waals surface area (Å²) in [7, 11) is 0. The average molecular weight is 223 g/mol. The van der Waals surface area contributed by atoms with Crippen LogP contribution in [0.25, 0.3) is 0 Å². The summed E-state index contributed by atoms with van der Waals surface area (Å²) in [5.41, 5.74) is 2.10. The first kappa shape index (κ1) is 13.2. The van der Waals surface area contributed by atoms with Crippen molar-refractivity contribution in [3.05, 3.63) is 35.1 Å². The number of hydrogen-bond donors (Lipinski definition) is 1. The predicted octanol–water partition coefficient (Wildman–Crippen LogP) is 3.48. The van der Waals surface area contributed by atoms with Crippen molar-refractivity contribution in [1.82, 2.24) is 5.32 Å². The molecule has 1 aromatic carbocycles. The first-order valence-electron chi connectivity index (χ1n) is 6.02. The van der Waals surface area contributed by atoms with Crippen LogP contribution in [-0.4, -0.2) is 13.1 Å². The van der Waals surface area contributed by atoms with E-state index in [-0.39, 0.29) is 5.82 Å². The van der Waals surface area contributed by atoms with Crippen molar-refractivity contribution in [3.8, 4) is 0 Å². The smallest absolute Gasteiger partial charge is 0.123 e. The Morgan fingerprint density at radius 3 is 2.50 bits per heavy atom. The van der Waals surface area contributed by atoms with Gasteiger partial charge in [-0.3, -0.25) is 0 Å². The number of nitrogens with one attached hydrogen (secondary N) is 1. The molecule has 0 saturated heterocycles. The summed E-state index contributed by atoms with van der Waals surface area (Å²) in [6, 6.07) is 5.31. The topological polar surface area (TPSA) is 12.0 Å². The van der Waals surface area contributed by atoms with Crippen molar-refractivity contribution in [2.45, 2.75) is 33.6 Å². The van der Waals surface area contributed by atoms with Crippen molar-refractivity contribution in [3.63, 3.8) is 0 Å². The van der Waals surface area contributed by atoms with Gasteiger partial charge in [0.2, 0.25) is 0 Å². The lowest BCUT2D eigenvalue weighted by Crippen LogP contribution is -2.24. The van der Waals surface area contributed by atoms with Gasteiger partial charge >= 0.3 is 0 Å². The number of hydrogen-bond acceptors (Lipinski definition) is 1. The molecule has 1 N–H and O–H groups in total. The van der Waals surface area contributed by atoms with Gasteiger partial charge in [-0.25, -0.2) is 4.39 Å². The van der Waals surface area contributed by atoms with Gasteiger partial charge in [-0.1, -0.05) is 26.8 Å². The number of rotatable bonds is 5. The third-order valence-corrected chi connectivity index (χ3v) is 3.16. The molecule has 0 aliphatic carbocycles. The third kappa shape index (κ3) is 3.60. The van der Waals surface area contributed by atoms with Gasteiger partial charge in [-0.15, -0.1) is 0 Å². The molecule has 90 valence electrons. The summed E-state index contributed by atoms with van der Waals surface area (Å²) in [6.07, 6.45) is 0. The molecule has 2 unspecified atom stereocenters. The van der Waals surface area contributed by atoms with Crippen molar-refractivity contribution in [2.24, 2.45) is 5.92 Å². The second kappa shape index (κ2) is 6.00. The van der Waals surface area contributed by atoms with Crippen molar-refractivity contribution in [1.29, 1.82) is 0 Å². The standard InChI is InChI=1S/C14H22FN/c1-5-16-9-11(3)12(4)13-6-10(2)7-14(15)8-13/h6-8,11-12,16H,5,9H2,1-4H3. The Balaban J connectivity index is 2.74. The van der Waals surface area contributed by atoms with E-state index in [0.717, 1.165) is 24.2 Å². The van der Waals surface area contributed by atoms with Crippen LogP contribution in [0.2, 0.25) is 0 Å². The first-order valence-corrected chi connectivity index (χ1v) is 6.02. The summed E-state index contributed by atoms with van der Waals surface area (Å²) in [5.74, 6) is 0.770. The molecule has 1 aromatic rings. The van der Waals surface area contributed by atoms with Gasteiger partial charge < -0.3 is 5.32 Å². The molecule has 2 heteroatoms. The Kier molecular flexibility index (Phi) is 4.94. The molecule has 0 fully saturated rings. The third-order valence-electron chi connectivity index (χ3n) is 3.16. The van der Waals surface area contributed by atoms with Gasteiger partial charge in [0.1, 0.15) is 5.82 Å². The molecule has 0 aliphatic rings. The van der Waals surface area contributed by atoms with E-state index in [1.807, 2.05) is 6.92 Å². The highest BCUT2D eigenvalue weighted by atomic mass is 19.1. The van der Waals surface area contributed by atoms with Crippen LogP contribution in [0.1, 0.15) is 37.8 Å². The fourth-order valence-electron chi connectivity index (χ4n) is 1.90. The molecular formula is C14H22FN. The minimum Gasteiger partial charge on any atom is -0.317 e. The zero-order chi connectivity index (χ0) is 12.1. The molecule has 0 heterocycles. The Bertz CT molecular complexity index is 315. The SMILES string of the molecule is CCNCC(C)C(C)c1cc(C)cc(F)c1. The van der Waals surface area contributed by atoms with Gasteiger partial charge in [0.15, 0.2) is 0 Å². The fraction of sp³-hybridized carbons (Fsp3) is 0.571. The van der Waals surface area contributed by atoms with E-state index in [4.69, 9.17) is 0 Å². The van der Waals surface area contributed by atoms with Gasteiger partial charge in [0.05, 0.1) is 0 Å². The lowest BCUT2D eigenvalue weighted by Gasteiger charge is -2.21. The van der Waals surface area contributed by atoms with E-state index in [1.165, 1.54) is 0 Å². The molecule has 0 bridgehead atoms. The highest BCUT2D eigenvalue weighted by Gasteiger charge is 2.14. The number of benzene rings is 1. The molecule has 0 saturated carbocycles. The van der Waals surface area contributed by atoms with E-state index in [2.05, 4.69) is 32.2 Å². The highest BCUT2D eigenvalue weighted by Crippen LogP contribution is 2.25. The monoisotopic (exact) mass is 223 g/mol. The quantitative estimate of drug-likeness (QED) is 0.805. The molecule has 0 aromatic heterocycles. The van der Waals surface area contributed by atoms with Crippen molar-refractivity contribution in [2.75, 3.05) is 13.1 Å². The van der Waals surface area contributed by atoms with E-state index >= 15 is 0 Å². The van der Waals surface area contributed by atoms with Crippen LogP contribution in [0, 0.1) is 18.7 Å². The fourth-order valence-corrected chi connectivity index (χ4v) is 1.90. The maximum Gasteiger partial charge on any atom is 0.123 e. The van der Waals surface area contributed by atoms with Gasteiger partial charge in [-0.05, 0) is 55.1 Å². The van der Waals surface area contributed by atoms with Crippen molar-refractivity contribution < 1.29 is 4.39 Å². The Morgan fingerprint density at radius 2 is 1.94 bits per heavy atom. The van der Waals surface area contributed by atoms with E-state index in [1.54, 1.807) is 12.1 Å². The molecule has 2 atom stereocenters. The predicted molar refractivity (Wildman–Crippen MR) is 67.3 cm³/mol. The maximum absolute atomic E-state index is 13.3. The second-order valence-electron chi connectivity index (χ2n) is 4.64. The number of aryl methyl sites for hydroxylation is 1. The lowest BCUT2D eigenvalue weighted by molar-refractivity contribution is 0.452. The largest absolute Gasteiger partial charge is 0.317 e. The Labute approximate surface area is 98.1 Å². The molecule has 0 spiro atoms. The molecule has 0 aliphatic heterocycles. The summed E-state index contributed by atoms with van der Waals surface area (Å²) in [6.45, 7) is 10.4. The summed E-state index contributed by atoms with van der Waals surface area (Å²) >= 11 is 0.